The topological polar surface area (TPSA) is 84.6 Å². The van der Waals surface area contributed by atoms with Crippen LogP contribution in [-0.2, 0) is 9.59 Å². The second-order valence-electron chi connectivity index (χ2n) is 9.03. The minimum atomic E-state index is -0.780. The summed E-state index contributed by atoms with van der Waals surface area (Å²) in [6.45, 7) is 14.1. The number of ketones is 1. The fourth-order valence-corrected chi connectivity index (χ4v) is 4.10. The Morgan fingerprint density at radius 1 is 1.12 bits per heavy atom. The van der Waals surface area contributed by atoms with Gasteiger partial charge in [0.2, 0.25) is 5.91 Å². The highest BCUT2D eigenvalue weighted by Gasteiger charge is 2.37. The molecular formula is C29H43N3O2. The summed E-state index contributed by atoms with van der Waals surface area (Å²) in [5.74, 6) is -0.0549. The van der Waals surface area contributed by atoms with E-state index in [-0.39, 0.29) is 18.1 Å². The van der Waals surface area contributed by atoms with Gasteiger partial charge < -0.3 is 11.1 Å². The van der Waals surface area contributed by atoms with Crippen molar-refractivity contribution < 1.29 is 9.59 Å². The highest BCUT2D eigenvalue weighted by atomic mass is 16.1. The number of carbonyl (C=O) groups excluding carboxylic acids is 2. The Kier molecular flexibility index (Phi) is 13.6. The van der Waals surface area contributed by atoms with Crippen LogP contribution < -0.4 is 11.1 Å². The van der Waals surface area contributed by atoms with Crippen molar-refractivity contribution in [3.63, 3.8) is 0 Å². The van der Waals surface area contributed by atoms with Gasteiger partial charge in [-0.1, -0.05) is 64.8 Å². The van der Waals surface area contributed by atoms with Gasteiger partial charge in [-0.05, 0) is 74.3 Å². The van der Waals surface area contributed by atoms with E-state index in [9.17, 15) is 9.59 Å². The molecule has 0 aliphatic rings. The number of nitrogens with zero attached hydrogens (tertiary/aromatic N) is 1. The molecule has 5 heteroatoms. The lowest BCUT2D eigenvalue weighted by molar-refractivity contribution is -0.121. The standard InChI is InChI=1S/C29H43N3O2/c1-6-9-18-29(31-22-30,19-10-7-2)28(34)24(5)15-11-12-16-25(8-3)21-27(33)32-26-17-13-14-23(4)20-26/h13-14,17,20,22H,3,5-7,9-12,15-16,18-19,21H2,1-2,4H3,(H2,30,31)(H,32,33). The number of rotatable bonds is 17. The fraction of sp³-hybridized carbons (Fsp3) is 0.517. The van der Waals surface area contributed by atoms with Crippen molar-refractivity contribution >= 4 is 23.7 Å². The van der Waals surface area contributed by atoms with Gasteiger partial charge in [-0.25, -0.2) is 0 Å². The Labute approximate surface area is 206 Å². The summed E-state index contributed by atoms with van der Waals surface area (Å²) in [5.41, 5.74) is 11.1. The van der Waals surface area contributed by atoms with E-state index in [1.165, 1.54) is 6.34 Å². The van der Waals surface area contributed by atoms with Crippen LogP contribution in [-0.4, -0.2) is 23.6 Å². The summed E-state index contributed by atoms with van der Waals surface area (Å²) in [4.78, 5) is 30.2. The van der Waals surface area contributed by atoms with Crippen LogP contribution in [0, 0.1) is 6.92 Å². The molecule has 1 aromatic carbocycles. The van der Waals surface area contributed by atoms with Gasteiger partial charge in [0.25, 0.3) is 0 Å². The van der Waals surface area contributed by atoms with E-state index >= 15 is 0 Å². The quantitative estimate of drug-likeness (QED) is 0.0869. The number of aliphatic imine (C=N–C) groups is 1. The maximum absolute atomic E-state index is 13.3. The first-order chi connectivity index (χ1) is 16.3. The van der Waals surface area contributed by atoms with Gasteiger partial charge >= 0.3 is 0 Å². The number of aryl methyl sites for hydroxylation is 1. The smallest absolute Gasteiger partial charge is 0.229 e. The predicted octanol–water partition coefficient (Wildman–Crippen LogP) is 6.83. The maximum Gasteiger partial charge on any atom is 0.229 e. The van der Waals surface area contributed by atoms with Crippen LogP contribution in [0.15, 0.2) is 59.3 Å². The van der Waals surface area contributed by atoms with Gasteiger partial charge in [-0.2, -0.15) is 0 Å². The molecule has 0 aliphatic carbocycles. The molecular weight excluding hydrogens is 422 g/mol. The molecule has 0 saturated carbocycles. The molecule has 5 nitrogen and oxygen atoms in total. The van der Waals surface area contributed by atoms with Crippen LogP contribution in [0.5, 0.6) is 0 Å². The number of amides is 1. The molecule has 0 bridgehead atoms. The van der Waals surface area contributed by atoms with Crippen LogP contribution in [0.4, 0.5) is 5.69 Å². The van der Waals surface area contributed by atoms with Crippen molar-refractivity contribution in [3.8, 4) is 0 Å². The summed E-state index contributed by atoms with van der Waals surface area (Å²) in [6, 6.07) is 7.72. The molecule has 0 aliphatic heterocycles. The number of hydrogen-bond acceptors (Lipinski definition) is 3. The number of hydrogen-bond donors (Lipinski definition) is 2. The van der Waals surface area contributed by atoms with Crippen molar-refractivity contribution in [1.29, 1.82) is 0 Å². The highest BCUT2D eigenvalue weighted by molar-refractivity contribution is 6.02. The zero-order chi connectivity index (χ0) is 25.4. The SMILES string of the molecule is C=C=C(CCCCC(=C)C(=O)C(CCCC)(CCCC)N=CN)CC(=O)Nc1cccc(C)c1. The molecule has 0 fully saturated rings. The Bertz CT molecular complexity index is 886. The molecule has 0 aromatic heterocycles. The van der Waals surface area contributed by atoms with Crippen LogP contribution in [0.3, 0.4) is 0 Å². The average molecular weight is 466 g/mol. The normalized spacial score (nSPS) is 11.3. The molecule has 3 N–H and O–H groups in total. The van der Waals surface area contributed by atoms with E-state index in [1.807, 2.05) is 31.2 Å². The Balaban J connectivity index is 2.60. The molecule has 0 radical (unpaired) electrons. The van der Waals surface area contributed by atoms with E-state index in [2.05, 4.69) is 43.0 Å². The molecule has 1 amide bonds. The number of nitrogens with two attached hydrogens (primary N) is 1. The third kappa shape index (κ3) is 9.93. The molecule has 186 valence electrons. The van der Waals surface area contributed by atoms with Gasteiger partial charge in [0.15, 0.2) is 5.78 Å². The second kappa shape index (κ2) is 15.8. The Morgan fingerprint density at radius 3 is 2.32 bits per heavy atom. The summed E-state index contributed by atoms with van der Waals surface area (Å²) in [5, 5.41) is 2.92. The molecule has 0 spiro atoms. The number of Topliss-reactive ketones (excluding diaryl/α,β-unsaturated/α-hetero) is 1. The number of nitrogens with one attached hydrogen (secondary N) is 1. The first kappa shape index (κ1) is 29.1. The average Bonchev–Trinajstić information content (AvgIpc) is 2.82. The molecule has 1 aromatic rings. The van der Waals surface area contributed by atoms with E-state index in [0.29, 0.717) is 31.3 Å². The number of unbranched alkanes of at least 4 members (excludes halogenated alkanes) is 3. The zero-order valence-corrected chi connectivity index (χ0v) is 21.4. The lowest BCUT2D eigenvalue weighted by Gasteiger charge is -2.29. The van der Waals surface area contributed by atoms with Crippen molar-refractivity contribution in [1.82, 2.24) is 0 Å². The molecule has 34 heavy (non-hydrogen) atoms. The van der Waals surface area contributed by atoms with E-state index in [1.54, 1.807) is 0 Å². The highest BCUT2D eigenvalue weighted by Crippen LogP contribution is 2.31. The number of carbonyl (C=O) groups is 2. The summed E-state index contributed by atoms with van der Waals surface area (Å²) >= 11 is 0. The van der Waals surface area contributed by atoms with Gasteiger partial charge in [-0.3, -0.25) is 14.6 Å². The van der Waals surface area contributed by atoms with Crippen LogP contribution in [0.25, 0.3) is 0 Å². The van der Waals surface area contributed by atoms with Crippen LogP contribution in [0.2, 0.25) is 0 Å². The third-order valence-electron chi connectivity index (χ3n) is 6.09. The molecule has 0 saturated heterocycles. The van der Waals surface area contributed by atoms with Crippen molar-refractivity contribution in [2.24, 2.45) is 10.7 Å². The minimum absolute atomic E-state index is 0.0214. The lowest BCUT2D eigenvalue weighted by atomic mass is 9.80. The van der Waals surface area contributed by atoms with Crippen molar-refractivity contribution in [2.45, 2.75) is 96.9 Å². The Morgan fingerprint density at radius 2 is 1.76 bits per heavy atom. The van der Waals surface area contributed by atoms with Gasteiger partial charge in [0.05, 0.1) is 12.8 Å². The predicted molar refractivity (Wildman–Crippen MR) is 144 cm³/mol. The number of benzene rings is 1. The first-order valence-corrected chi connectivity index (χ1v) is 12.5. The fourth-order valence-electron chi connectivity index (χ4n) is 4.10. The molecule has 0 unspecified atom stereocenters. The third-order valence-corrected chi connectivity index (χ3v) is 6.09. The van der Waals surface area contributed by atoms with E-state index in [4.69, 9.17) is 5.73 Å². The van der Waals surface area contributed by atoms with E-state index < -0.39 is 5.54 Å². The van der Waals surface area contributed by atoms with Gasteiger partial charge in [0.1, 0.15) is 5.54 Å². The van der Waals surface area contributed by atoms with Crippen molar-refractivity contribution in [3.05, 3.63) is 59.9 Å². The molecule has 0 atom stereocenters. The Hall–Kier alpha value is -2.91. The second-order valence-corrected chi connectivity index (χ2v) is 9.03. The van der Waals surface area contributed by atoms with E-state index in [0.717, 1.165) is 55.3 Å². The largest absolute Gasteiger partial charge is 0.390 e. The van der Waals surface area contributed by atoms with Crippen LogP contribution >= 0.6 is 0 Å². The lowest BCUT2D eigenvalue weighted by Crippen LogP contribution is -2.38. The first-order valence-electron chi connectivity index (χ1n) is 12.5. The summed E-state index contributed by atoms with van der Waals surface area (Å²) in [7, 11) is 0. The summed E-state index contributed by atoms with van der Waals surface area (Å²) in [6.07, 6.45) is 9.77. The van der Waals surface area contributed by atoms with Gasteiger partial charge in [-0.15, -0.1) is 5.73 Å². The van der Waals surface area contributed by atoms with Crippen LogP contribution in [0.1, 0.15) is 90.0 Å². The van der Waals surface area contributed by atoms with Crippen molar-refractivity contribution in [2.75, 3.05) is 5.32 Å². The maximum atomic E-state index is 13.3. The molecule has 1 rings (SSSR count). The monoisotopic (exact) mass is 465 g/mol. The van der Waals surface area contributed by atoms with Gasteiger partial charge in [0, 0.05) is 5.69 Å². The molecule has 0 heterocycles. The zero-order valence-electron chi connectivity index (χ0n) is 21.4. The minimum Gasteiger partial charge on any atom is -0.390 e. The summed E-state index contributed by atoms with van der Waals surface area (Å²) < 4.78 is 0. The number of anilines is 1.